The monoisotopic (exact) mass is 494 g/mol. The molecule has 2 unspecified atom stereocenters. The van der Waals surface area contributed by atoms with Crippen molar-refractivity contribution < 1.29 is 13.7 Å². The predicted molar refractivity (Wildman–Crippen MR) is 125 cm³/mol. The molecule has 0 aliphatic carbocycles. The van der Waals surface area contributed by atoms with Gasteiger partial charge < -0.3 is 9.47 Å². The Kier molecular flexibility index (Phi) is 7.41. The van der Waals surface area contributed by atoms with Crippen LogP contribution < -0.4 is 15.2 Å². The van der Waals surface area contributed by atoms with Gasteiger partial charge in [0.1, 0.15) is 0 Å². The topological polar surface area (TPSA) is 62.5 Å². The van der Waals surface area contributed by atoms with E-state index in [4.69, 9.17) is 9.47 Å². The van der Waals surface area contributed by atoms with Crippen LogP contribution in [0.15, 0.2) is 45.7 Å². The zero-order valence-electron chi connectivity index (χ0n) is 17.7. The maximum atomic E-state index is 13.5. The van der Waals surface area contributed by atoms with Crippen molar-refractivity contribution in [3.63, 3.8) is 0 Å². The number of halogens is 1. The Labute approximate surface area is 187 Å². The largest absolute Gasteiger partial charge is 0.493 e. The molecule has 0 saturated heterocycles. The number of rotatable bonds is 9. The van der Waals surface area contributed by atoms with Crippen molar-refractivity contribution in [2.45, 2.75) is 32.9 Å². The van der Waals surface area contributed by atoms with Gasteiger partial charge in [0.05, 0.1) is 30.8 Å². The molecule has 2 aromatic carbocycles. The van der Waals surface area contributed by atoms with Crippen molar-refractivity contribution in [2.75, 3.05) is 25.7 Å². The van der Waals surface area contributed by atoms with Crippen molar-refractivity contribution in [3.05, 3.63) is 56.9 Å². The van der Waals surface area contributed by atoms with Gasteiger partial charge in [-0.05, 0) is 49.2 Å². The number of fused-ring (bicyclic) bond motifs is 1. The quantitative estimate of drug-likeness (QED) is 0.443. The van der Waals surface area contributed by atoms with Gasteiger partial charge >= 0.3 is 5.69 Å². The van der Waals surface area contributed by atoms with Crippen LogP contribution in [-0.2, 0) is 17.3 Å². The lowest BCUT2D eigenvalue weighted by Gasteiger charge is -2.19. The number of hydrogen-bond donors (Lipinski definition) is 0. The Balaban J connectivity index is 2.19. The number of imidazole rings is 1. The average Bonchev–Trinajstić information content (AvgIpc) is 2.98. The third kappa shape index (κ3) is 4.49. The zero-order valence-corrected chi connectivity index (χ0v) is 20.1. The first-order valence-corrected chi connectivity index (χ1v) is 12.4. The summed E-state index contributed by atoms with van der Waals surface area (Å²) in [5.41, 5.74) is 2.56. The highest BCUT2D eigenvalue weighted by Crippen LogP contribution is 2.34. The standard InChI is InChI=1S/C22H27BrN2O4S/c1-5-17(15-7-10-20(28-3)21(13-15)29-6-2)25-18-9-8-16(23)14-19(18)24(22(25)26)11-12-30(4)27/h7-10,13-14,17H,5-6,11-12H2,1-4H3. The van der Waals surface area contributed by atoms with Gasteiger partial charge in [0.25, 0.3) is 0 Å². The van der Waals surface area contributed by atoms with Gasteiger partial charge in [-0.1, -0.05) is 28.9 Å². The van der Waals surface area contributed by atoms with Crippen LogP contribution in [0.1, 0.15) is 31.9 Å². The third-order valence-electron chi connectivity index (χ3n) is 5.10. The van der Waals surface area contributed by atoms with Crippen LogP contribution in [-0.4, -0.2) is 39.1 Å². The zero-order chi connectivity index (χ0) is 21.8. The summed E-state index contributed by atoms with van der Waals surface area (Å²) in [7, 11) is 0.631. The van der Waals surface area contributed by atoms with Crippen molar-refractivity contribution in [2.24, 2.45) is 0 Å². The minimum absolute atomic E-state index is 0.103. The van der Waals surface area contributed by atoms with E-state index in [0.29, 0.717) is 30.4 Å². The van der Waals surface area contributed by atoms with Crippen LogP contribution in [0.4, 0.5) is 0 Å². The highest BCUT2D eigenvalue weighted by atomic mass is 79.9. The van der Waals surface area contributed by atoms with Crippen molar-refractivity contribution in [1.29, 1.82) is 0 Å². The average molecular weight is 495 g/mol. The van der Waals surface area contributed by atoms with E-state index in [0.717, 1.165) is 27.5 Å². The van der Waals surface area contributed by atoms with E-state index >= 15 is 0 Å². The summed E-state index contributed by atoms with van der Waals surface area (Å²) in [5, 5.41) is 0. The summed E-state index contributed by atoms with van der Waals surface area (Å²) in [6.07, 6.45) is 2.38. The molecule has 30 heavy (non-hydrogen) atoms. The molecule has 0 saturated carbocycles. The molecule has 1 heterocycles. The van der Waals surface area contributed by atoms with Gasteiger partial charge in [-0.2, -0.15) is 0 Å². The second-order valence-electron chi connectivity index (χ2n) is 6.98. The van der Waals surface area contributed by atoms with Crippen LogP contribution >= 0.6 is 15.9 Å². The van der Waals surface area contributed by atoms with Crippen molar-refractivity contribution in [3.8, 4) is 11.5 Å². The van der Waals surface area contributed by atoms with Crippen LogP contribution in [0, 0.1) is 0 Å². The summed E-state index contributed by atoms with van der Waals surface area (Å²) in [6.45, 7) is 4.92. The van der Waals surface area contributed by atoms with E-state index in [1.54, 1.807) is 17.9 Å². The molecule has 3 rings (SSSR count). The van der Waals surface area contributed by atoms with Gasteiger partial charge in [0.2, 0.25) is 0 Å². The summed E-state index contributed by atoms with van der Waals surface area (Å²) in [6, 6.07) is 11.5. The highest BCUT2D eigenvalue weighted by Gasteiger charge is 2.22. The first-order chi connectivity index (χ1) is 14.4. The molecule has 0 aliphatic rings. The summed E-state index contributed by atoms with van der Waals surface area (Å²) >= 11 is 3.51. The highest BCUT2D eigenvalue weighted by molar-refractivity contribution is 9.10. The van der Waals surface area contributed by atoms with Crippen molar-refractivity contribution in [1.82, 2.24) is 9.13 Å². The van der Waals surface area contributed by atoms with Crippen molar-refractivity contribution >= 4 is 37.8 Å². The number of aryl methyl sites for hydroxylation is 1. The fourth-order valence-corrected chi connectivity index (χ4v) is 4.51. The third-order valence-corrected chi connectivity index (χ3v) is 6.35. The first-order valence-electron chi connectivity index (χ1n) is 9.92. The van der Waals surface area contributed by atoms with Gasteiger partial charge in [0, 0.05) is 33.8 Å². The van der Waals surface area contributed by atoms with Gasteiger partial charge in [0.15, 0.2) is 11.5 Å². The number of hydrogen-bond acceptors (Lipinski definition) is 4. The van der Waals surface area contributed by atoms with E-state index in [-0.39, 0.29) is 11.7 Å². The Hall–Kier alpha value is -2.06. The summed E-state index contributed by atoms with van der Waals surface area (Å²) in [5.74, 6) is 1.76. The number of ether oxygens (including phenoxy) is 2. The maximum absolute atomic E-state index is 13.5. The lowest BCUT2D eigenvalue weighted by molar-refractivity contribution is 0.310. The molecule has 0 bridgehead atoms. The van der Waals surface area contributed by atoms with Crippen LogP contribution in [0.5, 0.6) is 11.5 Å². The van der Waals surface area contributed by atoms with Crippen LogP contribution in [0.2, 0.25) is 0 Å². The van der Waals surface area contributed by atoms with Gasteiger partial charge in [-0.25, -0.2) is 4.79 Å². The van der Waals surface area contributed by atoms with E-state index in [1.165, 1.54) is 0 Å². The fourth-order valence-electron chi connectivity index (χ4n) is 3.73. The van der Waals surface area contributed by atoms with Crippen LogP contribution in [0.25, 0.3) is 11.0 Å². The number of aromatic nitrogens is 2. The smallest absolute Gasteiger partial charge is 0.329 e. The number of methoxy groups -OCH3 is 1. The molecular formula is C22H27BrN2O4S. The molecule has 2 atom stereocenters. The van der Waals surface area contributed by atoms with E-state index in [9.17, 15) is 9.00 Å². The molecule has 162 valence electrons. The molecule has 0 aliphatic heterocycles. The van der Waals surface area contributed by atoms with Gasteiger partial charge in [-0.15, -0.1) is 0 Å². The number of benzene rings is 2. The molecule has 6 nitrogen and oxygen atoms in total. The lowest BCUT2D eigenvalue weighted by atomic mass is 10.0. The fraction of sp³-hybridized carbons (Fsp3) is 0.409. The van der Waals surface area contributed by atoms with E-state index in [1.807, 2.05) is 47.9 Å². The lowest BCUT2D eigenvalue weighted by Crippen LogP contribution is -2.29. The molecule has 1 aromatic heterocycles. The molecule has 0 spiro atoms. The second-order valence-corrected chi connectivity index (χ2v) is 9.45. The molecule has 0 radical (unpaired) electrons. The Morgan fingerprint density at radius 1 is 1.10 bits per heavy atom. The molecular weight excluding hydrogens is 468 g/mol. The second kappa shape index (κ2) is 9.83. The van der Waals surface area contributed by atoms with Crippen LogP contribution in [0.3, 0.4) is 0 Å². The minimum atomic E-state index is -0.982. The summed E-state index contributed by atoms with van der Waals surface area (Å²) < 4.78 is 27.3. The Morgan fingerprint density at radius 2 is 1.87 bits per heavy atom. The molecule has 0 N–H and O–H groups in total. The van der Waals surface area contributed by atoms with E-state index < -0.39 is 10.8 Å². The van der Waals surface area contributed by atoms with E-state index in [2.05, 4.69) is 22.9 Å². The predicted octanol–water partition coefficient (Wildman–Crippen LogP) is 4.35. The summed E-state index contributed by atoms with van der Waals surface area (Å²) in [4.78, 5) is 13.5. The number of nitrogens with zero attached hydrogens (tertiary/aromatic N) is 2. The van der Waals surface area contributed by atoms with Gasteiger partial charge in [-0.3, -0.25) is 13.3 Å². The maximum Gasteiger partial charge on any atom is 0.329 e. The minimum Gasteiger partial charge on any atom is -0.493 e. The Bertz CT molecular complexity index is 1120. The molecule has 3 aromatic rings. The molecule has 8 heteroatoms. The SMILES string of the molecule is CCOc1cc(C(CC)n2c(=O)n(CCS(C)=O)c3cc(Br)ccc32)ccc1OC. The molecule has 0 fully saturated rings. The first kappa shape index (κ1) is 22.6. The normalized spacial score (nSPS) is 13.4. The Morgan fingerprint density at radius 3 is 2.50 bits per heavy atom. The molecule has 0 amide bonds.